The van der Waals surface area contributed by atoms with Gasteiger partial charge in [-0.25, -0.2) is 4.79 Å². The molecule has 0 aromatic heterocycles. The number of ether oxygens (including phenoxy) is 3. The Hall–Kier alpha value is -3.35. The van der Waals surface area contributed by atoms with Gasteiger partial charge >= 0.3 is 12.2 Å². The number of fused-ring (bicyclic) bond motifs is 3. The van der Waals surface area contributed by atoms with Crippen molar-refractivity contribution in [2.24, 2.45) is 0 Å². The minimum atomic E-state index is -4.46. The van der Waals surface area contributed by atoms with E-state index in [2.05, 4.69) is 16.0 Å². The summed E-state index contributed by atoms with van der Waals surface area (Å²) in [5.41, 5.74) is 0.657. The number of anilines is 2. The van der Waals surface area contributed by atoms with E-state index in [0.29, 0.717) is 31.0 Å². The molecule has 0 saturated carbocycles. The molecule has 1 saturated heterocycles. The first kappa shape index (κ1) is 26.7. The lowest BCUT2D eigenvalue weighted by Crippen LogP contribution is -2.47. The lowest BCUT2D eigenvalue weighted by Gasteiger charge is -2.37. The Balaban J connectivity index is 1.41. The zero-order valence-corrected chi connectivity index (χ0v) is 20.0. The first-order valence-corrected chi connectivity index (χ1v) is 11.8. The summed E-state index contributed by atoms with van der Waals surface area (Å²) in [7, 11) is 1.54. The van der Waals surface area contributed by atoms with E-state index in [1.54, 1.807) is 25.3 Å². The fraction of sp³-hybridized carbons (Fsp3) is 0.440. The zero-order valence-electron chi connectivity index (χ0n) is 20.0. The number of methoxy groups -OCH3 is 1. The third kappa shape index (κ3) is 6.51. The van der Waals surface area contributed by atoms with Gasteiger partial charge in [0.2, 0.25) is 5.91 Å². The number of carbonyl (C=O) groups excluding carboxylic acids is 2. The number of aliphatic hydroxyl groups is 1. The second-order valence-electron chi connectivity index (χ2n) is 8.86. The van der Waals surface area contributed by atoms with Crippen molar-refractivity contribution in [3.63, 3.8) is 0 Å². The SMILES string of the molecule is COCCNC(=O)C[C@H]1C[C@H]2c3cc(NC(=O)Nc4ccc(C(F)(F)F)cc4)ccc3O[C@H]2[C@@H](CO)O1. The van der Waals surface area contributed by atoms with Crippen LogP contribution < -0.4 is 20.7 Å². The van der Waals surface area contributed by atoms with Crippen molar-refractivity contribution in [1.82, 2.24) is 5.32 Å². The van der Waals surface area contributed by atoms with Gasteiger partial charge in [0.1, 0.15) is 18.0 Å². The molecule has 4 atom stereocenters. The van der Waals surface area contributed by atoms with E-state index in [0.717, 1.165) is 17.7 Å². The Morgan fingerprint density at radius 3 is 2.49 bits per heavy atom. The van der Waals surface area contributed by atoms with Gasteiger partial charge in [0.05, 0.1) is 31.3 Å². The molecule has 0 bridgehead atoms. The highest BCUT2D eigenvalue weighted by Crippen LogP contribution is 2.47. The van der Waals surface area contributed by atoms with E-state index >= 15 is 0 Å². The maximum Gasteiger partial charge on any atom is 0.416 e. The Bertz CT molecular complexity index is 1110. The minimum Gasteiger partial charge on any atom is -0.487 e. The molecule has 2 heterocycles. The van der Waals surface area contributed by atoms with Gasteiger partial charge in [-0.2, -0.15) is 13.2 Å². The number of alkyl halides is 3. The number of benzene rings is 2. The largest absolute Gasteiger partial charge is 0.487 e. The van der Waals surface area contributed by atoms with E-state index in [-0.39, 0.29) is 30.5 Å². The van der Waals surface area contributed by atoms with Gasteiger partial charge in [-0.1, -0.05) is 0 Å². The molecule has 0 radical (unpaired) electrons. The number of aliphatic hydroxyl groups excluding tert-OH is 1. The monoisotopic (exact) mass is 523 g/mol. The Morgan fingerprint density at radius 1 is 1.11 bits per heavy atom. The predicted molar refractivity (Wildman–Crippen MR) is 128 cm³/mol. The fourth-order valence-corrected chi connectivity index (χ4v) is 4.57. The second-order valence-corrected chi connectivity index (χ2v) is 8.86. The van der Waals surface area contributed by atoms with Crippen LogP contribution in [0.1, 0.15) is 29.9 Å². The molecule has 2 aliphatic rings. The number of hydrogen-bond donors (Lipinski definition) is 4. The smallest absolute Gasteiger partial charge is 0.416 e. The summed E-state index contributed by atoms with van der Waals surface area (Å²) >= 11 is 0. The van der Waals surface area contributed by atoms with Crippen molar-refractivity contribution in [3.8, 4) is 5.75 Å². The van der Waals surface area contributed by atoms with Crippen LogP contribution in [0, 0.1) is 0 Å². The van der Waals surface area contributed by atoms with Crippen molar-refractivity contribution in [1.29, 1.82) is 0 Å². The maximum absolute atomic E-state index is 12.7. The molecular formula is C25H28F3N3O6. The molecule has 3 amide bonds. The summed E-state index contributed by atoms with van der Waals surface area (Å²) in [5.74, 6) is 0.236. The number of nitrogens with one attached hydrogen (secondary N) is 3. The summed E-state index contributed by atoms with van der Waals surface area (Å²) in [6.45, 7) is 0.495. The molecule has 1 fully saturated rings. The van der Waals surface area contributed by atoms with Gasteiger partial charge in [-0.05, 0) is 48.9 Å². The van der Waals surface area contributed by atoms with E-state index in [1.165, 1.54) is 12.1 Å². The quantitative estimate of drug-likeness (QED) is 0.394. The summed E-state index contributed by atoms with van der Waals surface area (Å²) in [6.07, 6.45) is -5.36. The van der Waals surface area contributed by atoms with Crippen LogP contribution in [0.5, 0.6) is 5.75 Å². The maximum atomic E-state index is 12.7. The summed E-state index contributed by atoms with van der Waals surface area (Å²) < 4.78 is 55.1. The van der Waals surface area contributed by atoms with Crippen molar-refractivity contribution >= 4 is 23.3 Å². The van der Waals surface area contributed by atoms with Gasteiger partial charge in [-0.3, -0.25) is 4.79 Å². The molecular weight excluding hydrogens is 495 g/mol. The molecule has 4 rings (SSSR count). The van der Waals surface area contributed by atoms with Gasteiger partial charge < -0.3 is 35.3 Å². The fourth-order valence-electron chi connectivity index (χ4n) is 4.57. The number of hydrogen-bond acceptors (Lipinski definition) is 6. The molecule has 2 aromatic rings. The molecule has 9 nitrogen and oxygen atoms in total. The number of amides is 3. The highest BCUT2D eigenvalue weighted by atomic mass is 19.4. The lowest BCUT2D eigenvalue weighted by atomic mass is 9.84. The number of rotatable bonds is 8. The third-order valence-corrected chi connectivity index (χ3v) is 6.27. The Labute approximate surface area is 211 Å². The van der Waals surface area contributed by atoms with E-state index in [1.807, 2.05) is 0 Å². The molecule has 4 N–H and O–H groups in total. The Kier molecular flexibility index (Phi) is 8.20. The van der Waals surface area contributed by atoms with Gasteiger partial charge in [0.25, 0.3) is 0 Å². The van der Waals surface area contributed by atoms with Crippen LogP contribution in [-0.2, 0) is 20.4 Å². The van der Waals surface area contributed by atoms with Crippen molar-refractivity contribution in [2.75, 3.05) is 37.5 Å². The molecule has 37 heavy (non-hydrogen) atoms. The molecule has 2 aromatic carbocycles. The number of urea groups is 1. The first-order chi connectivity index (χ1) is 17.7. The van der Waals surface area contributed by atoms with Gasteiger partial charge in [-0.15, -0.1) is 0 Å². The summed E-state index contributed by atoms with van der Waals surface area (Å²) in [6, 6.07) is 8.58. The highest BCUT2D eigenvalue weighted by Gasteiger charge is 2.46. The van der Waals surface area contributed by atoms with Gasteiger partial charge in [0.15, 0.2) is 0 Å². The minimum absolute atomic E-state index is 0.117. The van der Waals surface area contributed by atoms with Crippen LogP contribution >= 0.6 is 0 Å². The van der Waals surface area contributed by atoms with Crippen LogP contribution in [0.4, 0.5) is 29.3 Å². The lowest BCUT2D eigenvalue weighted by molar-refractivity contribution is -0.142. The van der Waals surface area contributed by atoms with Crippen molar-refractivity contribution in [3.05, 3.63) is 53.6 Å². The van der Waals surface area contributed by atoms with Crippen molar-refractivity contribution in [2.45, 2.75) is 43.2 Å². The molecule has 0 spiro atoms. The van der Waals surface area contributed by atoms with E-state index in [9.17, 15) is 27.9 Å². The topological polar surface area (TPSA) is 118 Å². The number of carbonyl (C=O) groups is 2. The van der Waals surface area contributed by atoms with E-state index in [4.69, 9.17) is 14.2 Å². The van der Waals surface area contributed by atoms with Gasteiger partial charge in [0, 0.05) is 36.5 Å². The Morgan fingerprint density at radius 2 is 1.81 bits per heavy atom. The van der Waals surface area contributed by atoms with E-state index < -0.39 is 36.1 Å². The molecule has 0 unspecified atom stereocenters. The molecule has 200 valence electrons. The average Bonchev–Trinajstić information content (AvgIpc) is 3.21. The highest BCUT2D eigenvalue weighted by molar-refractivity contribution is 5.99. The first-order valence-electron chi connectivity index (χ1n) is 11.8. The third-order valence-electron chi connectivity index (χ3n) is 6.27. The zero-order chi connectivity index (χ0) is 26.6. The normalized spacial score (nSPS) is 22.4. The van der Waals surface area contributed by atoms with Crippen LogP contribution in [0.3, 0.4) is 0 Å². The van der Waals surface area contributed by atoms with Crippen LogP contribution in [0.15, 0.2) is 42.5 Å². The second kappa shape index (κ2) is 11.4. The predicted octanol–water partition coefficient (Wildman–Crippen LogP) is 3.50. The van der Waals surface area contributed by atoms with Crippen molar-refractivity contribution < 1.29 is 42.1 Å². The summed E-state index contributed by atoms with van der Waals surface area (Å²) in [5, 5.41) is 17.8. The molecule has 12 heteroatoms. The van der Waals surface area contributed by atoms with Crippen LogP contribution in [0.2, 0.25) is 0 Å². The summed E-state index contributed by atoms with van der Waals surface area (Å²) in [4.78, 5) is 24.7. The average molecular weight is 524 g/mol. The molecule has 2 aliphatic heterocycles. The van der Waals surface area contributed by atoms with Crippen LogP contribution in [0.25, 0.3) is 0 Å². The number of halogens is 3. The molecule has 0 aliphatic carbocycles. The van der Waals surface area contributed by atoms with Crippen LogP contribution in [-0.4, -0.2) is 62.2 Å². The standard InChI is InChI=1S/C25H28F3N3O6/c1-35-9-8-29-22(33)12-17-11-19-18-10-16(6-7-20(18)37-23(19)21(13-32)36-17)31-24(34)30-15-4-2-14(3-5-15)25(26,27)28/h2-7,10,17,19,21,23,32H,8-9,11-13H2,1H3,(H,29,33)(H2,30,31,34)/t17-,19+,21-,23-/m1/s1.